The Kier molecular flexibility index (Phi) is 6.39. The molecule has 0 bridgehead atoms. The van der Waals surface area contributed by atoms with Crippen molar-refractivity contribution < 1.29 is 19.0 Å². The number of rotatable bonds is 7. The number of benzene rings is 2. The van der Waals surface area contributed by atoms with Crippen molar-refractivity contribution in [3.63, 3.8) is 0 Å². The maximum atomic E-state index is 12.1. The number of piperazine rings is 1. The SMILES string of the molecule is COc1ccccc1N1CCN(CCNC(=O)/C=C/c2ccc3c(c2)OCO3)CC1. The van der Waals surface area contributed by atoms with Gasteiger partial charge in [0, 0.05) is 45.3 Å². The van der Waals surface area contributed by atoms with Crippen molar-refractivity contribution in [3.8, 4) is 17.2 Å². The van der Waals surface area contributed by atoms with Gasteiger partial charge in [-0.2, -0.15) is 0 Å². The molecule has 1 amide bonds. The Bertz CT molecular complexity index is 907. The molecule has 1 fully saturated rings. The first-order valence-corrected chi connectivity index (χ1v) is 10.2. The van der Waals surface area contributed by atoms with Gasteiger partial charge in [-0.3, -0.25) is 9.69 Å². The van der Waals surface area contributed by atoms with E-state index >= 15 is 0 Å². The summed E-state index contributed by atoms with van der Waals surface area (Å²) in [5.74, 6) is 2.26. The van der Waals surface area contributed by atoms with Gasteiger partial charge in [0.15, 0.2) is 11.5 Å². The highest BCUT2D eigenvalue weighted by atomic mass is 16.7. The third-order valence-corrected chi connectivity index (χ3v) is 5.35. The summed E-state index contributed by atoms with van der Waals surface area (Å²) in [7, 11) is 1.71. The number of carbonyl (C=O) groups excluding carboxylic acids is 1. The number of amides is 1. The molecule has 0 radical (unpaired) electrons. The number of nitrogens with one attached hydrogen (secondary N) is 1. The Morgan fingerprint density at radius 2 is 1.90 bits per heavy atom. The highest BCUT2D eigenvalue weighted by molar-refractivity contribution is 5.91. The Hall–Kier alpha value is -3.19. The molecule has 0 saturated carbocycles. The smallest absolute Gasteiger partial charge is 0.244 e. The zero-order valence-corrected chi connectivity index (χ0v) is 17.2. The predicted molar refractivity (Wildman–Crippen MR) is 116 cm³/mol. The maximum Gasteiger partial charge on any atom is 0.244 e. The van der Waals surface area contributed by atoms with Gasteiger partial charge < -0.3 is 24.4 Å². The van der Waals surface area contributed by atoms with Gasteiger partial charge in [0.25, 0.3) is 0 Å². The van der Waals surface area contributed by atoms with Crippen LogP contribution in [0.25, 0.3) is 6.08 Å². The number of anilines is 1. The quantitative estimate of drug-likeness (QED) is 0.709. The van der Waals surface area contributed by atoms with E-state index in [-0.39, 0.29) is 12.7 Å². The lowest BCUT2D eigenvalue weighted by Crippen LogP contribution is -2.48. The number of hydrogen-bond acceptors (Lipinski definition) is 6. The maximum absolute atomic E-state index is 12.1. The molecule has 0 atom stereocenters. The largest absolute Gasteiger partial charge is 0.495 e. The van der Waals surface area contributed by atoms with Crippen LogP contribution < -0.4 is 24.4 Å². The van der Waals surface area contributed by atoms with Crippen LogP contribution in [0.2, 0.25) is 0 Å². The Morgan fingerprint density at radius 1 is 1.10 bits per heavy atom. The molecule has 2 aromatic rings. The van der Waals surface area contributed by atoms with Crippen molar-refractivity contribution in [2.24, 2.45) is 0 Å². The van der Waals surface area contributed by atoms with Crippen molar-refractivity contribution in [2.75, 3.05) is 58.1 Å². The number of methoxy groups -OCH3 is 1. The summed E-state index contributed by atoms with van der Waals surface area (Å²) in [5, 5.41) is 2.96. The van der Waals surface area contributed by atoms with Crippen LogP contribution in [0, 0.1) is 0 Å². The summed E-state index contributed by atoms with van der Waals surface area (Å²) in [4.78, 5) is 16.8. The van der Waals surface area contributed by atoms with Crippen LogP contribution in [0.3, 0.4) is 0 Å². The Balaban J connectivity index is 1.18. The van der Waals surface area contributed by atoms with E-state index in [0.717, 1.165) is 55.5 Å². The first kappa shape index (κ1) is 20.1. The van der Waals surface area contributed by atoms with Crippen LogP contribution in [-0.4, -0.2) is 64.0 Å². The minimum absolute atomic E-state index is 0.0969. The highest BCUT2D eigenvalue weighted by Crippen LogP contribution is 2.32. The number of ether oxygens (including phenoxy) is 3. The van der Waals surface area contributed by atoms with Gasteiger partial charge >= 0.3 is 0 Å². The van der Waals surface area contributed by atoms with Gasteiger partial charge in [-0.15, -0.1) is 0 Å². The van der Waals surface area contributed by atoms with E-state index in [4.69, 9.17) is 14.2 Å². The van der Waals surface area contributed by atoms with Crippen LogP contribution in [0.5, 0.6) is 17.2 Å². The molecule has 30 heavy (non-hydrogen) atoms. The predicted octanol–water partition coefficient (Wildman–Crippen LogP) is 2.38. The van der Waals surface area contributed by atoms with Crippen molar-refractivity contribution in [3.05, 3.63) is 54.1 Å². The molecule has 0 spiro atoms. The third kappa shape index (κ3) is 4.86. The van der Waals surface area contributed by atoms with Crippen molar-refractivity contribution in [1.29, 1.82) is 0 Å². The number of para-hydroxylation sites is 2. The third-order valence-electron chi connectivity index (χ3n) is 5.35. The van der Waals surface area contributed by atoms with Crippen molar-refractivity contribution in [2.45, 2.75) is 0 Å². The van der Waals surface area contributed by atoms with Crippen LogP contribution in [0.4, 0.5) is 5.69 Å². The van der Waals surface area contributed by atoms with Gasteiger partial charge in [-0.1, -0.05) is 18.2 Å². The molecule has 0 unspecified atom stereocenters. The number of fused-ring (bicyclic) bond motifs is 1. The molecule has 2 aliphatic heterocycles. The standard InChI is InChI=1S/C23H27N3O4/c1-28-20-5-3-2-4-19(20)26-14-12-25(13-15-26)11-10-24-23(27)9-7-18-6-8-21-22(16-18)30-17-29-21/h2-9,16H,10-15,17H2,1H3,(H,24,27)/b9-7+. The molecule has 0 aromatic heterocycles. The first-order valence-electron chi connectivity index (χ1n) is 10.2. The molecule has 158 valence electrons. The molecule has 7 heteroatoms. The van der Waals surface area contributed by atoms with Gasteiger partial charge in [-0.05, 0) is 35.9 Å². The molecule has 4 rings (SSSR count). The molecule has 2 heterocycles. The van der Waals surface area contributed by atoms with E-state index in [0.29, 0.717) is 12.3 Å². The van der Waals surface area contributed by atoms with Gasteiger partial charge in [0.2, 0.25) is 12.7 Å². The fourth-order valence-corrected chi connectivity index (χ4v) is 3.69. The topological polar surface area (TPSA) is 63.3 Å². The number of carbonyl (C=O) groups is 1. The lowest BCUT2D eigenvalue weighted by atomic mass is 10.2. The minimum atomic E-state index is -0.0969. The zero-order chi connectivity index (χ0) is 20.8. The molecule has 2 aliphatic rings. The first-order chi connectivity index (χ1) is 14.7. The second-order valence-corrected chi connectivity index (χ2v) is 7.24. The van der Waals surface area contributed by atoms with E-state index in [1.807, 2.05) is 36.4 Å². The Morgan fingerprint density at radius 3 is 2.73 bits per heavy atom. The average Bonchev–Trinajstić information content (AvgIpc) is 3.26. The van der Waals surface area contributed by atoms with E-state index in [2.05, 4.69) is 21.2 Å². The summed E-state index contributed by atoms with van der Waals surface area (Å²) in [6.45, 7) is 5.51. The molecule has 0 aliphatic carbocycles. The molecule has 1 saturated heterocycles. The number of nitrogens with zero attached hydrogens (tertiary/aromatic N) is 2. The van der Waals surface area contributed by atoms with Gasteiger partial charge in [-0.25, -0.2) is 0 Å². The highest BCUT2D eigenvalue weighted by Gasteiger charge is 2.19. The fraction of sp³-hybridized carbons (Fsp3) is 0.348. The minimum Gasteiger partial charge on any atom is -0.495 e. The summed E-state index contributed by atoms with van der Waals surface area (Å²) < 4.78 is 16.1. The van der Waals surface area contributed by atoms with Crippen LogP contribution in [-0.2, 0) is 4.79 Å². The van der Waals surface area contributed by atoms with Crippen molar-refractivity contribution in [1.82, 2.24) is 10.2 Å². The van der Waals surface area contributed by atoms with Crippen LogP contribution >= 0.6 is 0 Å². The van der Waals surface area contributed by atoms with E-state index in [1.165, 1.54) is 0 Å². The monoisotopic (exact) mass is 409 g/mol. The Labute approximate surface area is 176 Å². The fourth-order valence-electron chi connectivity index (χ4n) is 3.69. The lowest BCUT2D eigenvalue weighted by molar-refractivity contribution is -0.116. The second-order valence-electron chi connectivity index (χ2n) is 7.24. The van der Waals surface area contributed by atoms with Crippen LogP contribution in [0.15, 0.2) is 48.5 Å². The van der Waals surface area contributed by atoms with E-state index in [9.17, 15) is 4.79 Å². The molecule has 2 aromatic carbocycles. The number of hydrogen-bond donors (Lipinski definition) is 1. The lowest BCUT2D eigenvalue weighted by Gasteiger charge is -2.36. The summed E-state index contributed by atoms with van der Waals surface area (Å²) in [6.07, 6.45) is 3.33. The van der Waals surface area contributed by atoms with Crippen LogP contribution in [0.1, 0.15) is 5.56 Å². The average molecular weight is 409 g/mol. The van der Waals surface area contributed by atoms with Gasteiger partial charge in [0.05, 0.1) is 12.8 Å². The van der Waals surface area contributed by atoms with E-state index in [1.54, 1.807) is 19.3 Å². The zero-order valence-electron chi connectivity index (χ0n) is 17.2. The molecule has 7 nitrogen and oxygen atoms in total. The normalized spacial score (nSPS) is 16.1. The summed E-state index contributed by atoms with van der Waals surface area (Å²) in [5.41, 5.74) is 2.04. The second kappa shape index (κ2) is 9.54. The van der Waals surface area contributed by atoms with Crippen molar-refractivity contribution >= 4 is 17.7 Å². The molecular weight excluding hydrogens is 382 g/mol. The summed E-state index contributed by atoms with van der Waals surface area (Å²) >= 11 is 0. The van der Waals surface area contributed by atoms with E-state index < -0.39 is 0 Å². The van der Waals surface area contributed by atoms with Gasteiger partial charge in [0.1, 0.15) is 5.75 Å². The summed E-state index contributed by atoms with van der Waals surface area (Å²) in [6, 6.07) is 13.7. The molecular formula is C23H27N3O4. The molecule has 1 N–H and O–H groups in total.